The lowest BCUT2D eigenvalue weighted by atomic mass is 9.94. The summed E-state index contributed by atoms with van der Waals surface area (Å²) in [5.74, 6) is -1.30. The van der Waals surface area contributed by atoms with Gasteiger partial charge in [-0.3, -0.25) is 9.59 Å². The van der Waals surface area contributed by atoms with E-state index >= 15 is 0 Å². The van der Waals surface area contributed by atoms with Gasteiger partial charge in [0.2, 0.25) is 12.0 Å². The minimum absolute atomic E-state index is 0.113. The minimum atomic E-state index is -2.02. The summed E-state index contributed by atoms with van der Waals surface area (Å²) in [6, 6.07) is 5.51. The molecule has 0 aliphatic heterocycles. The molecule has 1 aromatic rings. The van der Waals surface area contributed by atoms with Gasteiger partial charge in [-0.2, -0.15) is 0 Å². The third-order valence-corrected chi connectivity index (χ3v) is 3.24. The van der Waals surface area contributed by atoms with Gasteiger partial charge in [0.15, 0.2) is 5.78 Å². The van der Waals surface area contributed by atoms with Crippen LogP contribution in [0.2, 0.25) is 0 Å². The first-order valence-corrected chi connectivity index (χ1v) is 6.87. The number of alkyl halides is 1. The Kier molecular flexibility index (Phi) is 5.87. The lowest BCUT2D eigenvalue weighted by Crippen LogP contribution is -2.26. The number of hydrogen-bond donors (Lipinski definition) is 0. The first-order chi connectivity index (χ1) is 9.04. The summed E-state index contributed by atoms with van der Waals surface area (Å²) in [6.07, 6.45) is 0.0887. The molecule has 0 heterocycles. The Morgan fingerprint density at radius 3 is 2.37 bits per heavy atom. The van der Waals surface area contributed by atoms with Crippen molar-refractivity contribution in [3.05, 3.63) is 34.9 Å². The van der Waals surface area contributed by atoms with Gasteiger partial charge in [-0.1, -0.05) is 32.9 Å². The predicted octanol–water partition coefficient (Wildman–Crippen LogP) is 3.70. The SMILES string of the molecule is CCCC(=O)C(F)C(=O)c1cc(CC)ccc1CC. The molecule has 0 radical (unpaired) electrons. The van der Waals surface area contributed by atoms with Crippen LogP contribution in [0.3, 0.4) is 0 Å². The second-order valence-electron chi connectivity index (χ2n) is 4.64. The molecular formula is C16H21FO2. The molecule has 2 nitrogen and oxygen atoms in total. The molecular weight excluding hydrogens is 243 g/mol. The average Bonchev–Trinajstić information content (AvgIpc) is 2.45. The Labute approximate surface area is 114 Å². The number of aryl methyl sites for hydroxylation is 2. The zero-order valence-corrected chi connectivity index (χ0v) is 11.8. The summed E-state index contributed by atoms with van der Waals surface area (Å²) >= 11 is 0. The number of carbonyl (C=O) groups excluding carboxylic acids is 2. The van der Waals surface area contributed by atoms with Crippen molar-refractivity contribution >= 4 is 11.6 Å². The monoisotopic (exact) mass is 264 g/mol. The Hall–Kier alpha value is -1.51. The van der Waals surface area contributed by atoms with Crippen LogP contribution >= 0.6 is 0 Å². The van der Waals surface area contributed by atoms with Crippen LogP contribution in [-0.2, 0) is 17.6 Å². The zero-order valence-electron chi connectivity index (χ0n) is 11.8. The standard InChI is InChI=1S/C16H21FO2/c1-4-7-14(18)15(17)16(19)13-10-11(5-2)8-9-12(13)6-3/h8-10,15H,4-7H2,1-3H3. The maximum absolute atomic E-state index is 13.9. The van der Waals surface area contributed by atoms with E-state index in [1.165, 1.54) is 0 Å². The quantitative estimate of drug-likeness (QED) is 0.556. The molecule has 1 atom stereocenters. The molecule has 1 aromatic carbocycles. The summed E-state index contributed by atoms with van der Waals surface area (Å²) in [5.41, 5.74) is 2.14. The maximum Gasteiger partial charge on any atom is 0.220 e. The van der Waals surface area contributed by atoms with Crippen LogP contribution in [-0.4, -0.2) is 17.7 Å². The Bertz CT molecular complexity index is 466. The fraction of sp³-hybridized carbons (Fsp3) is 0.500. The minimum Gasteiger partial charge on any atom is -0.296 e. The van der Waals surface area contributed by atoms with E-state index in [4.69, 9.17) is 0 Å². The molecule has 0 saturated carbocycles. The third kappa shape index (κ3) is 3.72. The van der Waals surface area contributed by atoms with Gasteiger partial charge < -0.3 is 0 Å². The van der Waals surface area contributed by atoms with E-state index < -0.39 is 17.7 Å². The van der Waals surface area contributed by atoms with E-state index in [2.05, 4.69) is 0 Å². The topological polar surface area (TPSA) is 34.1 Å². The van der Waals surface area contributed by atoms with Crippen LogP contribution in [0.4, 0.5) is 4.39 Å². The summed E-state index contributed by atoms with van der Waals surface area (Å²) in [4.78, 5) is 23.6. The second kappa shape index (κ2) is 7.17. The van der Waals surface area contributed by atoms with Crippen LogP contribution in [0.15, 0.2) is 18.2 Å². The van der Waals surface area contributed by atoms with E-state index in [-0.39, 0.29) is 6.42 Å². The lowest BCUT2D eigenvalue weighted by molar-refractivity contribution is -0.122. The Balaban J connectivity index is 3.06. The van der Waals surface area contributed by atoms with Crippen molar-refractivity contribution in [2.75, 3.05) is 0 Å². The molecule has 3 heteroatoms. The van der Waals surface area contributed by atoms with Crippen molar-refractivity contribution in [2.24, 2.45) is 0 Å². The summed E-state index contributed by atoms with van der Waals surface area (Å²) in [7, 11) is 0. The highest BCUT2D eigenvalue weighted by Gasteiger charge is 2.27. The molecule has 0 aliphatic carbocycles. The molecule has 1 unspecified atom stereocenters. The third-order valence-electron chi connectivity index (χ3n) is 3.24. The van der Waals surface area contributed by atoms with Gasteiger partial charge in [0.05, 0.1) is 0 Å². The molecule has 0 bridgehead atoms. The summed E-state index contributed by atoms with van der Waals surface area (Å²) in [5, 5.41) is 0. The van der Waals surface area contributed by atoms with Crippen LogP contribution in [0.1, 0.15) is 55.1 Å². The van der Waals surface area contributed by atoms with Crippen LogP contribution in [0.25, 0.3) is 0 Å². The number of hydrogen-bond acceptors (Lipinski definition) is 2. The summed E-state index contributed by atoms with van der Waals surface area (Å²) in [6.45, 7) is 5.69. The molecule has 0 aliphatic rings. The summed E-state index contributed by atoms with van der Waals surface area (Å²) < 4.78 is 13.9. The number of halogens is 1. The molecule has 104 valence electrons. The first-order valence-electron chi connectivity index (χ1n) is 6.87. The molecule has 0 spiro atoms. The molecule has 1 rings (SSSR count). The predicted molar refractivity (Wildman–Crippen MR) is 74.3 cm³/mol. The number of benzene rings is 1. The fourth-order valence-electron chi connectivity index (χ4n) is 2.04. The van der Waals surface area contributed by atoms with Crippen molar-refractivity contribution in [2.45, 2.75) is 52.6 Å². The highest BCUT2D eigenvalue weighted by atomic mass is 19.1. The maximum atomic E-state index is 13.9. The van der Waals surface area contributed by atoms with Crippen molar-refractivity contribution in [1.29, 1.82) is 0 Å². The number of ketones is 2. The Morgan fingerprint density at radius 2 is 1.84 bits per heavy atom. The van der Waals surface area contributed by atoms with E-state index in [1.54, 1.807) is 13.0 Å². The highest BCUT2D eigenvalue weighted by Crippen LogP contribution is 2.18. The van der Waals surface area contributed by atoms with E-state index in [9.17, 15) is 14.0 Å². The van der Waals surface area contributed by atoms with E-state index in [0.717, 1.165) is 17.5 Å². The van der Waals surface area contributed by atoms with Gasteiger partial charge in [0, 0.05) is 12.0 Å². The largest absolute Gasteiger partial charge is 0.296 e. The number of Topliss-reactive ketones (excluding diaryl/α,β-unsaturated/α-hetero) is 2. The molecule has 0 aromatic heterocycles. The smallest absolute Gasteiger partial charge is 0.220 e. The van der Waals surface area contributed by atoms with Gasteiger partial charge in [0.1, 0.15) is 0 Å². The van der Waals surface area contributed by atoms with Crippen molar-refractivity contribution in [3.8, 4) is 0 Å². The van der Waals surface area contributed by atoms with Crippen molar-refractivity contribution < 1.29 is 14.0 Å². The van der Waals surface area contributed by atoms with Crippen molar-refractivity contribution in [1.82, 2.24) is 0 Å². The molecule has 19 heavy (non-hydrogen) atoms. The average molecular weight is 264 g/mol. The number of rotatable bonds is 7. The molecule has 0 fully saturated rings. The first kappa shape index (κ1) is 15.5. The molecule has 0 amide bonds. The zero-order chi connectivity index (χ0) is 14.4. The normalized spacial score (nSPS) is 12.2. The van der Waals surface area contributed by atoms with Gasteiger partial charge in [-0.25, -0.2) is 4.39 Å². The van der Waals surface area contributed by atoms with Crippen LogP contribution in [0, 0.1) is 0 Å². The Morgan fingerprint density at radius 1 is 1.16 bits per heavy atom. The molecule has 0 N–H and O–H groups in total. The van der Waals surface area contributed by atoms with E-state index in [1.807, 2.05) is 26.0 Å². The van der Waals surface area contributed by atoms with Crippen LogP contribution < -0.4 is 0 Å². The van der Waals surface area contributed by atoms with Gasteiger partial charge in [-0.05, 0) is 36.5 Å². The highest BCUT2D eigenvalue weighted by molar-refractivity contribution is 6.13. The van der Waals surface area contributed by atoms with Gasteiger partial charge >= 0.3 is 0 Å². The number of carbonyl (C=O) groups is 2. The van der Waals surface area contributed by atoms with Crippen LogP contribution in [0.5, 0.6) is 0 Å². The second-order valence-corrected chi connectivity index (χ2v) is 4.64. The fourth-order valence-corrected chi connectivity index (χ4v) is 2.04. The van der Waals surface area contributed by atoms with Gasteiger partial charge in [0.25, 0.3) is 0 Å². The lowest BCUT2D eigenvalue weighted by Gasteiger charge is -2.11. The van der Waals surface area contributed by atoms with E-state index in [0.29, 0.717) is 18.4 Å². The van der Waals surface area contributed by atoms with Crippen molar-refractivity contribution in [3.63, 3.8) is 0 Å². The molecule has 0 saturated heterocycles. The van der Waals surface area contributed by atoms with Gasteiger partial charge in [-0.15, -0.1) is 0 Å².